The van der Waals surface area contributed by atoms with Gasteiger partial charge in [-0.05, 0) is 38.3 Å². The van der Waals surface area contributed by atoms with Gasteiger partial charge in [-0.3, -0.25) is 4.79 Å². The van der Waals surface area contributed by atoms with E-state index in [-0.39, 0.29) is 18.0 Å². The third kappa shape index (κ3) is 3.36. The van der Waals surface area contributed by atoms with E-state index in [9.17, 15) is 4.79 Å². The largest absolute Gasteiger partial charge is 0.389 e. The van der Waals surface area contributed by atoms with Crippen molar-refractivity contribution in [2.24, 2.45) is 5.73 Å². The van der Waals surface area contributed by atoms with Crippen molar-refractivity contribution in [1.82, 2.24) is 9.88 Å². The van der Waals surface area contributed by atoms with Gasteiger partial charge >= 0.3 is 0 Å². The summed E-state index contributed by atoms with van der Waals surface area (Å²) in [4.78, 5) is 12.4. The van der Waals surface area contributed by atoms with Gasteiger partial charge in [0.15, 0.2) is 0 Å². The van der Waals surface area contributed by atoms with Gasteiger partial charge in [0, 0.05) is 22.8 Å². The van der Waals surface area contributed by atoms with E-state index in [2.05, 4.69) is 5.32 Å². The molecule has 0 saturated heterocycles. The highest BCUT2D eigenvalue weighted by molar-refractivity contribution is 7.80. The van der Waals surface area contributed by atoms with E-state index in [0.29, 0.717) is 4.99 Å². The van der Waals surface area contributed by atoms with Crippen LogP contribution in [0.3, 0.4) is 0 Å². The first-order valence-electron chi connectivity index (χ1n) is 6.46. The van der Waals surface area contributed by atoms with E-state index >= 15 is 0 Å². The molecule has 1 amide bonds. The molecule has 1 aromatic carbocycles. The maximum absolute atomic E-state index is 12.0. The smallest absolute Gasteiger partial charge is 0.240 e. The zero-order chi connectivity index (χ0) is 14.9. The molecule has 0 aliphatic carbocycles. The first-order valence-corrected chi connectivity index (χ1v) is 6.87. The molecule has 5 heteroatoms. The summed E-state index contributed by atoms with van der Waals surface area (Å²) in [5, 5.41) is 4.01. The summed E-state index contributed by atoms with van der Waals surface area (Å²) in [6, 6.07) is 7.75. The van der Waals surface area contributed by atoms with Crippen LogP contribution in [0.5, 0.6) is 0 Å². The Morgan fingerprint density at radius 2 is 2.05 bits per heavy atom. The highest BCUT2D eigenvalue weighted by atomic mass is 32.1. The van der Waals surface area contributed by atoms with Crippen molar-refractivity contribution in [3.8, 4) is 0 Å². The third-order valence-electron chi connectivity index (χ3n) is 2.89. The molecule has 0 unspecified atom stereocenters. The number of nitrogens with one attached hydrogen (secondary N) is 1. The van der Waals surface area contributed by atoms with Crippen LogP contribution in [0.25, 0.3) is 10.9 Å². The molecule has 20 heavy (non-hydrogen) atoms. The molecule has 2 rings (SSSR count). The van der Waals surface area contributed by atoms with Gasteiger partial charge in [-0.1, -0.05) is 24.4 Å². The number of benzene rings is 1. The summed E-state index contributed by atoms with van der Waals surface area (Å²) in [5.74, 6) is -0.0178. The number of thiocarbonyl (C=S) groups is 1. The van der Waals surface area contributed by atoms with Crippen LogP contribution < -0.4 is 11.1 Å². The Bertz CT molecular complexity index is 667. The van der Waals surface area contributed by atoms with Crippen LogP contribution in [0.1, 0.15) is 26.3 Å². The predicted octanol–water partition coefficient (Wildman–Crippen LogP) is 2.19. The van der Waals surface area contributed by atoms with Crippen molar-refractivity contribution in [2.75, 3.05) is 0 Å². The molecular weight excluding hydrogens is 270 g/mol. The molecule has 106 valence electrons. The molecule has 1 heterocycles. The van der Waals surface area contributed by atoms with E-state index in [1.807, 2.05) is 55.8 Å². The standard InChI is InChI=1S/C15H19N3OS/c1-15(2,3)17-13(19)9-18-7-6-10-4-5-11(14(16)20)8-12(10)18/h4-8H,9H2,1-3H3,(H2,16,20)(H,17,19). The first-order chi connectivity index (χ1) is 9.26. The van der Waals surface area contributed by atoms with Crippen LogP contribution in [0, 0.1) is 0 Å². The van der Waals surface area contributed by atoms with Crippen LogP contribution in [-0.4, -0.2) is 21.0 Å². The molecule has 0 fully saturated rings. The van der Waals surface area contributed by atoms with Crippen molar-refractivity contribution in [3.63, 3.8) is 0 Å². The van der Waals surface area contributed by atoms with E-state index < -0.39 is 0 Å². The summed E-state index contributed by atoms with van der Waals surface area (Å²) in [5.41, 5.74) is 7.19. The van der Waals surface area contributed by atoms with Crippen molar-refractivity contribution < 1.29 is 4.79 Å². The van der Waals surface area contributed by atoms with Gasteiger partial charge in [-0.2, -0.15) is 0 Å². The molecular formula is C15H19N3OS. The second-order valence-corrected chi connectivity index (χ2v) is 6.32. The third-order valence-corrected chi connectivity index (χ3v) is 3.12. The summed E-state index contributed by atoms with van der Waals surface area (Å²) in [6.45, 7) is 6.17. The Morgan fingerprint density at radius 1 is 1.35 bits per heavy atom. The van der Waals surface area contributed by atoms with Crippen molar-refractivity contribution in [1.29, 1.82) is 0 Å². The quantitative estimate of drug-likeness (QED) is 0.852. The minimum atomic E-state index is -0.232. The fourth-order valence-corrected chi connectivity index (χ4v) is 2.21. The summed E-state index contributed by atoms with van der Waals surface area (Å²) >= 11 is 4.99. The average molecular weight is 289 g/mol. The monoisotopic (exact) mass is 289 g/mol. The Hall–Kier alpha value is -1.88. The molecule has 0 bridgehead atoms. The number of carbonyl (C=O) groups excluding carboxylic acids is 1. The number of nitrogens with zero attached hydrogens (tertiary/aromatic N) is 1. The van der Waals surface area contributed by atoms with Crippen LogP contribution in [0.4, 0.5) is 0 Å². The van der Waals surface area contributed by atoms with Gasteiger partial charge in [-0.25, -0.2) is 0 Å². The zero-order valence-corrected chi connectivity index (χ0v) is 12.8. The lowest BCUT2D eigenvalue weighted by atomic mass is 10.1. The fraction of sp³-hybridized carbons (Fsp3) is 0.333. The first kappa shape index (κ1) is 14.5. The second kappa shape index (κ2) is 5.25. The number of fused-ring (bicyclic) bond motifs is 1. The van der Waals surface area contributed by atoms with Crippen molar-refractivity contribution >= 4 is 34.0 Å². The molecule has 2 aromatic rings. The number of amides is 1. The Morgan fingerprint density at radius 3 is 2.65 bits per heavy atom. The lowest BCUT2D eigenvalue weighted by Crippen LogP contribution is -2.42. The lowest BCUT2D eigenvalue weighted by molar-refractivity contribution is -0.123. The number of hydrogen-bond acceptors (Lipinski definition) is 2. The van der Waals surface area contributed by atoms with E-state index in [4.69, 9.17) is 18.0 Å². The van der Waals surface area contributed by atoms with Crippen LogP contribution in [0.2, 0.25) is 0 Å². The highest BCUT2D eigenvalue weighted by Crippen LogP contribution is 2.18. The van der Waals surface area contributed by atoms with Crippen LogP contribution in [0.15, 0.2) is 30.5 Å². The van der Waals surface area contributed by atoms with E-state index in [0.717, 1.165) is 16.5 Å². The van der Waals surface area contributed by atoms with Gasteiger partial charge < -0.3 is 15.6 Å². The van der Waals surface area contributed by atoms with Crippen molar-refractivity contribution in [3.05, 3.63) is 36.0 Å². The SMILES string of the molecule is CC(C)(C)NC(=O)Cn1ccc2ccc(C(N)=S)cc21. The summed E-state index contributed by atoms with van der Waals surface area (Å²) in [7, 11) is 0. The minimum absolute atomic E-state index is 0.0178. The van der Waals surface area contributed by atoms with Gasteiger partial charge in [0.05, 0.1) is 0 Å². The molecule has 0 spiro atoms. The fourth-order valence-electron chi connectivity index (χ4n) is 2.09. The molecule has 1 aromatic heterocycles. The molecule has 0 aliphatic rings. The normalized spacial score (nSPS) is 11.6. The molecule has 3 N–H and O–H groups in total. The number of rotatable bonds is 3. The van der Waals surface area contributed by atoms with Gasteiger partial charge in [0.1, 0.15) is 11.5 Å². The molecule has 4 nitrogen and oxygen atoms in total. The van der Waals surface area contributed by atoms with Gasteiger partial charge in [-0.15, -0.1) is 0 Å². The maximum atomic E-state index is 12.0. The number of aromatic nitrogens is 1. The molecule has 0 radical (unpaired) electrons. The van der Waals surface area contributed by atoms with Gasteiger partial charge in [0.2, 0.25) is 5.91 Å². The van der Waals surface area contributed by atoms with Crippen molar-refractivity contribution in [2.45, 2.75) is 32.9 Å². The van der Waals surface area contributed by atoms with Gasteiger partial charge in [0.25, 0.3) is 0 Å². The molecule has 0 atom stereocenters. The Kier molecular flexibility index (Phi) is 3.81. The second-order valence-electron chi connectivity index (χ2n) is 5.88. The summed E-state index contributed by atoms with van der Waals surface area (Å²) in [6.07, 6.45) is 1.90. The number of nitrogens with two attached hydrogens (primary N) is 1. The Labute approximate surface area is 123 Å². The van der Waals surface area contributed by atoms with E-state index in [1.165, 1.54) is 0 Å². The van der Waals surface area contributed by atoms with E-state index in [1.54, 1.807) is 0 Å². The number of carbonyl (C=O) groups is 1. The molecule has 0 saturated carbocycles. The minimum Gasteiger partial charge on any atom is -0.389 e. The summed E-state index contributed by atoms with van der Waals surface area (Å²) < 4.78 is 1.90. The molecule has 0 aliphatic heterocycles. The predicted molar refractivity (Wildman–Crippen MR) is 85.7 cm³/mol. The number of hydrogen-bond donors (Lipinski definition) is 2. The van der Waals surface area contributed by atoms with Crippen LogP contribution >= 0.6 is 12.2 Å². The maximum Gasteiger partial charge on any atom is 0.240 e. The zero-order valence-electron chi connectivity index (χ0n) is 11.9. The topological polar surface area (TPSA) is 60.0 Å². The Balaban J connectivity index is 2.28. The van der Waals surface area contributed by atoms with Crippen LogP contribution in [-0.2, 0) is 11.3 Å². The average Bonchev–Trinajstić information content (AvgIpc) is 2.69. The highest BCUT2D eigenvalue weighted by Gasteiger charge is 2.14. The lowest BCUT2D eigenvalue weighted by Gasteiger charge is -2.20.